The lowest BCUT2D eigenvalue weighted by Gasteiger charge is -2.21. The molecule has 0 saturated carbocycles. The third-order valence-electron chi connectivity index (χ3n) is 4.53. The number of aliphatic hydroxyl groups is 1. The van der Waals surface area contributed by atoms with Crippen LogP contribution in [-0.4, -0.2) is 44.4 Å². The van der Waals surface area contributed by atoms with Gasteiger partial charge in [0.2, 0.25) is 5.91 Å². The van der Waals surface area contributed by atoms with Gasteiger partial charge in [-0.1, -0.05) is 24.3 Å². The fraction of sp³-hybridized carbons (Fsp3) is 0.238. The van der Waals surface area contributed by atoms with Crippen molar-refractivity contribution in [2.24, 2.45) is 0 Å². The number of nitrogens with zero attached hydrogens (tertiary/aromatic N) is 2. The van der Waals surface area contributed by atoms with Crippen LogP contribution in [0.5, 0.6) is 0 Å². The third kappa shape index (κ3) is 4.92. The predicted octanol–water partition coefficient (Wildman–Crippen LogP) is 2.51. The molecular formula is C21H21BrN4O4. The van der Waals surface area contributed by atoms with E-state index in [-0.39, 0.29) is 18.1 Å². The molecule has 9 heteroatoms. The second kappa shape index (κ2) is 9.19. The van der Waals surface area contributed by atoms with Crippen molar-refractivity contribution in [3.05, 3.63) is 58.8 Å². The maximum atomic E-state index is 12.6. The number of carbonyl (C=O) groups excluding carboxylic acids is 3. The average molecular weight is 473 g/mol. The molecule has 0 aliphatic rings. The Balaban J connectivity index is 1.75. The number of benzene rings is 1. The summed E-state index contributed by atoms with van der Waals surface area (Å²) >= 11 is 3.22. The van der Waals surface area contributed by atoms with Crippen LogP contribution < -0.4 is 10.6 Å². The first kappa shape index (κ1) is 21.7. The molecule has 30 heavy (non-hydrogen) atoms. The Morgan fingerprint density at radius 1 is 1.17 bits per heavy atom. The minimum absolute atomic E-state index is 0.104. The van der Waals surface area contributed by atoms with Gasteiger partial charge < -0.3 is 20.3 Å². The zero-order chi connectivity index (χ0) is 21.8. The molecule has 8 nitrogen and oxygen atoms in total. The summed E-state index contributed by atoms with van der Waals surface area (Å²) in [5.74, 6) is -0.885. The molecule has 2 heterocycles. The Morgan fingerprint density at radius 3 is 2.57 bits per heavy atom. The van der Waals surface area contributed by atoms with E-state index in [0.717, 1.165) is 10.9 Å². The highest BCUT2D eigenvalue weighted by Gasteiger charge is 2.26. The first-order valence-electron chi connectivity index (χ1n) is 9.26. The fourth-order valence-corrected chi connectivity index (χ4v) is 3.46. The number of hydrogen-bond acceptors (Lipinski definition) is 5. The molecule has 0 aliphatic heterocycles. The normalized spacial score (nSPS) is 12.9. The van der Waals surface area contributed by atoms with Gasteiger partial charge in [0, 0.05) is 22.7 Å². The lowest BCUT2D eigenvalue weighted by molar-refractivity contribution is -0.129. The van der Waals surface area contributed by atoms with Crippen LogP contribution in [0.4, 0.5) is 5.82 Å². The van der Waals surface area contributed by atoms with E-state index in [0.29, 0.717) is 10.2 Å². The van der Waals surface area contributed by atoms with E-state index in [1.807, 2.05) is 24.3 Å². The Bertz CT molecular complexity index is 1110. The van der Waals surface area contributed by atoms with Crippen molar-refractivity contribution in [2.45, 2.75) is 32.5 Å². The summed E-state index contributed by atoms with van der Waals surface area (Å²) in [7, 11) is 0. The fourth-order valence-electron chi connectivity index (χ4n) is 3.12. The van der Waals surface area contributed by atoms with Crippen LogP contribution in [0, 0.1) is 0 Å². The maximum Gasteiger partial charge on any atom is 0.250 e. The number of carbonyl (C=O) groups is 3. The number of hydrogen-bond donors (Lipinski definition) is 3. The zero-order valence-corrected chi connectivity index (χ0v) is 18.0. The zero-order valence-electron chi connectivity index (χ0n) is 16.4. The highest BCUT2D eigenvalue weighted by molar-refractivity contribution is 9.10. The number of rotatable bonds is 7. The molecule has 3 aromatic rings. The van der Waals surface area contributed by atoms with Crippen LogP contribution >= 0.6 is 15.9 Å². The summed E-state index contributed by atoms with van der Waals surface area (Å²) < 4.78 is 2.19. The number of ketones is 1. The standard InChI is InChI=1S/C21H21BrN4O4/c1-12(27)15-10-26(16-7-4-3-6-14(15)16)11-19(29)25-20(13(2)28)21(30)24-18-9-5-8-17(22)23-18/h3-10,13,20,28H,11H2,1-2H3,(H,25,29)(H,23,24,30)/t13-,20+/m1/s1. The predicted molar refractivity (Wildman–Crippen MR) is 116 cm³/mol. The van der Waals surface area contributed by atoms with Crippen LogP contribution in [0.25, 0.3) is 10.9 Å². The van der Waals surface area contributed by atoms with Gasteiger partial charge in [-0.05, 0) is 48.0 Å². The molecule has 0 aliphatic carbocycles. The number of fused-ring (bicyclic) bond motifs is 1. The highest BCUT2D eigenvalue weighted by Crippen LogP contribution is 2.21. The van der Waals surface area contributed by atoms with E-state index in [1.165, 1.54) is 13.8 Å². The van der Waals surface area contributed by atoms with Crippen LogP contribution in [0.15, 0.2) is 53.3 Å². The summed E-state index contributed by atoms with van der Waals surface area (Å²) in [4.78, 5) is 41.2. The van der Waals surface area contributed by atoms with Crippen molar-refractivity contribution >= 4 is 50.2 Å². The second-order valence-corrected chi connectivity index (χ2v) is 7.68. The molecule has 156 valence electrons. The van der Waals surface area contributed by atoms with Gasteiger partial charge in [0.15, 0.2) is 5.78 Å². The topological polar surface area (TPSA) is 113 Å². The Hall–Kier alpha value is -3.04. The van der Waals surface area contributed by atoms with Crippen molar-refractivity contribution < 1.29 is 19.5 Å². The lowest BCUT2D eigenvalue weighted by atomic mass is 10.1. The number of nitrogens with one attached hydrogen (secondary N) is 2. The molecule has 3 N–H and O–H groups in total. The van der Waals surface area contributed by atoms with Gasteiger partial charge in [0.05, 0.1) is 6.10 Å². The molecule has 0 fully saturated rings. The van der Waals surface area contributed by atoms with E-state index >= 15 is 0 Å². The number of pyridine rings is 1. The van der Waals surface area contributed by atoms with E-state index < -0.39 is 24.0 Å². The number of amides is 2. The minimum atomic E-state index is -1.17. The number of para-hydroxylation sites is 1. The summed E-state index contributed by atoms with van der Waals surface area (Å²) in [6, 6.07) is 11.1. The molecule has 0 saturated heterocycles. The van der Waals surface area contributed by atoms with Gasteiger partial charge in [-0.3, -0.25) is 14.4 Å². The van der Waals surface area contributed by atoms with Crippen molar-refractivity contribution in [1.82, 2.24) is 14.9 Å². The number of aromatic nitrogens is 2. The molecule has 0 spiro atoms. The van der Waals surface area contributed by atoms with E-state index in [4.69, 9.17) is 0 Å². The summed E-state index contributed by atoms with van der Waals surface area (Å²) in [5.41, 5.74) is 1.25. The molecule has 0 radical (unpaired) electrons. The van der Waals surface area contributed by atoms with Crippen LogP contribution in [0.3, 0.4) is 0 Å². The van der Waals surface area contributed by atoms with Gasteiger partial charge in [-0.2, -0.15) is 0 Å². The van der Waals surface area contributed by atoms with Crippen LogP contribution in [-0.2, 0) is 16.1 Å². The minimum Gasteiger partial charge on any atom is -0.391 e. The number of Topliss-reactive ketones (excluding diaryl/α,β-unsaturated/α-hetero) is 1. The quantitative estimate of drug-likeness (QED) is 0.361. The molecule has 0 unspecified atom stereocenters. The monoisotopic (exact) mass is 472 g/mol. The molecule has 0 bridgehead atoms. The number of aliphatic hydroxyl groups excluding tert-OH is 1. The first-order valence-corrected chi connectivity index (χ1v) is 10.0. The molecule has 2 amide bonds. The van der Waals surface area contributed by atoms with Crippen LogP contribution in [0.2, 0.25) is 0 Å². The highest BCUT2D eigenvalue weighted by atomic mass is 79.9. The third-order valence-corrected chi connectivity index (χ3v) is 4.97. The van der Waals surface area contributed by atoms with E-state index in [1.54, 1.807) is 29.0 Å². The number of anilines is 1. The Morgan fingerprint density at radius 2 is 1.90 bits per heavy atom. The summed E-state index contributed by atoms with van der Waals surface area (Å²) in [6.07, 6.45) is 0.491. The van der Waals surface area contributed by atoms with Crippen LogP contribution in [0.1, 0.15) is 24.2 Å². The van der Waals surface area contributed by atoms with Gasteiger partial charge >= 0.3 is 0 Å². The molecular weight excluding hydrogens is 452 g/mol. The number of halogens is 1. The van der Waals surface area contributed by atoms with Gasteiger partial charge in [-0.25, -0.2) is 4.98 Å². The van der Waals surface area contributed by atoms with Gasteiger partial charge in [0.1, 0.15) is 23.0 Å². The lowest BCUT2D eigenvalue weighted by Crippen LogP contribution is -2.51. The molecule has 1 aromatic carbocycles. The van der Waals surface area contributed by atoms with Crippen molar-refractivity contribution in [2.75, 3.05) is 5.32 Å². The SMILES string of the molecule is CC(=O)c1cn(CC(=O)N[C@H](C(=O)Nc2cccc(Br)n2)[C@@H](C)O)c2ccccc12. The van der Waals surface area contributed by atoms with E-state index in [9.17, 15) is 19.5 Å². The van der Waals surface area contributed by atoms with E-state index in [2.05, 4.69) is 31.5 Å². The summed E-state index contributed by atoms with van der Waals surface area (Å²) in [6.45, 7) is 2.77. The van der Waals surface area contributed by atoms with Gasteiger partial charge in [-0.15, -0.1) is 0 Å². The average Bonchev–Trinajstić information content (AvgIpc) is 3.04. The first-order chi connectivity index (χ1) is 14.3. The molecule has 2 atom stereocenters. The van der Waals surface area contributed by atoms with Crippen molar-refractivity contribution in [3.8, 4) is 0 Å². The second-order valence-electron chi connectivity index (χ2n) is 6.86. The smallest absolute Gasteiger partial charge is 0.250 e. The maximum absolute atomic E-state index is 12.6. The van der Waals surface area contributed by atoms with Gasteiger partial charge in [0.25, 0.3) is 5.91 Å². The Kier molecular flexibility index (Phi) is 6.63. The molecule has 2 aromatic heterocycles. The molecule has 3 rings (SSSR count). The largest absolute Gasteiger partial charge is 0.391 e. The van der Waals surface area contributed by atoms with Crippen molar-refractivity contribution in [1.29, 1.82) is 0 Å². The van der Waals surface area contributed by atoms with Crippen molar-refractivity contribution in [3.63, 3.8) is 0 Å². The Labute approximate surface area is 181 Å². The summed E-state index contributed by atoms with van der Waals surface area (Å²) in [5, 5.41) is 15.9.